The highest BCUT2D eigenvalue weighted by atomic mass is 35.5. The minimum absolute atomic E-state index is 0.0876. The predicted molar refractivity (Wildman–Crippen MR) is 124 cm³/mol. The number of aromatic nitrogens is 2. The van der Waals surface area contributed by atoms with Gasteiger partial charge in [-0.05, 0) is 60.4 Å². The lowest BCUT2D eigenvalue weighted by molar-refractivity contribution is 0.0993. The summed E-state index contributed by atoms with van der Waals surface area (Å²) >= 11 is 12.6. The number of anilines is 1. The van der Waals surface area contributed by atoms with Gasteiger partial charge in [-0.25, -0.2) is 4.98 Å². The summed E-state index contributed by atoms with van der Waals surface area (Å²) < 4.78 is 5.81. The van der Waals surface area contributed by atoms with Crippen LogP contribution in [-0.2, 0) is 4.74 Å². The Morgan fingerprint density at radius 3 is 2.77 bits per heavy atom. The second-order valence-corrected chi connectivity index (χ2v) is 8.57. The number of nitrogens with zero attached hydrogens (tertiary/aromatic N) is 2. The molecule has 0 saturated heterocycles. The number of imidazole rings is 1. The minimum atomic E-state index is -0.249. The molecule has 2 aliphatic rings. The molecule has 5 nitrogen and oxygen atoms in total. The van der Waals surface area contributed by atoms with Crippen LogP contribution in [-0.4, -0.2) is 22.5 Å². The molecule has 1 atom stereocenters. The highest BCUT2D eigenvalue weighted by molar-refractivity contribution is 6.42. The van der Waals surface area contributed by atoms with Crippen molar-refractivity contribution in [2.45, 2.75) is 32.2 Å². The van der Waals surface area contributed by atoms with Gasteiger partial charge in [0.15, 0.2) is 0 Å². The Bertz CT molecular complexity index is 1240. The first-order chi connectivity index (χ1) is 15.1. The SMILES string of the molecule is CCCOC1=CC=C(C2c3cc(Cl)c(Cl)cc3C(=O)N2c2ccc3nc[nH]c3c2)CC1. The summed E-state index contributed by atoms with van der Waals surface area (Å²) in [6.07, 6.45) is 8.33. The summed E-state index contributed by atoms with van der Waals surface area (Å²) in [7, 11) is 0. The number of allylic oxidation sites excluding steroid dienone is 3. The van der Waals surface area contributed by atoms with E-state index in [1.807, 2.05) is 35.2 Å². The molecule has 1 aliphatic carbocycles. The van der Waals surface area contributed by atoms with E-state index in [1.165, 1.54) is 0 Å². The van der Waals surface area contributed by atoms with E-state index in [1.54, 1.807) is 12.4 Å². The lowest BCUT2D eigenvalue weighted by Crippen LogP contribution is -2.29. The third kappa shape index (κ3) is 3.52. The Morgan fingerprint density at radius 2 is 2.00 bits per heavy atom. The maximum atomic E-state index is 13.5. The molecular weight excluding hydrogens is 433 g/mol. The van der Waals surface area contributed by atoms with Crippen LogP contribution in [0.5, 0.6) is 0 Å². The van der Waals surface area contributed by atoms with Gasteiger partial charge in [0.1, 0.15) is 0 Å². The number of ether oxygens (including phenoxy) is 1. The van der Waals surface area contributed by atoms with Crippen LogP contribution in [0.15, 0.2) is 60.1 Å². The van der Waals surface area contributed by atoms with Crippen LogP contribution >= 0.6 is 23.2 Å². The maximum absolute atomic E-state index is 13.5. The van der Waals surface area contributed by atoms with Gasteiger partial charge in [0.25, 0.3) is 5.91 Å². The Labute approximate surface area is 190 Å². The number of carbonyl (C=O) groups is 1. The summed E-state index contributed by atoms with van der Waals surface area (Å²) in [4.78, 5) is 22.8. The topological polar surface area (TPSA) is 58.2 Å². The van der Waals surface area contributed by atoms with Gasteiger partial charge < -0.3 is 9.72 Å². The summed E-state index contributed by atoms with van der Waals surface area (Å²) in [6.45, 7) is 2.80. The van der Waals surface area contributed by atoms with Crippen molar-refractivity contribution >= 4 is 45.8 Å². The molecule has 3 aromatic rings. The van der Waals surface area contributed by atoms with E-state index in [0.717, 1.165) is 52.9 Å². The van der Waals surface area contributed by atoms with Gasteiger partial charge in [0.05, 0.1) is 45.8 Å². The van der Waals surface area contributed by atoms with Crippen LogP contribution < -0.4 is 4.90 Å². The van der Waals surface area contributed by atoms with Gasteiger partial charge >= 0.3 is 0 Å². The van der Waals surface area contributed by atoms with E-state index in [-0.39, 0.29) is 11.9 Å². The third-order valence-corrected chi connectivity index (χ3v) is 6.48. The van der Waals surface area contributed by atoms with Crippen LogP contribution in [0.1, 0.15) is 48.1 Å². The number of benzene rings is 2. The monoisotopic (exact) mass is 453 g/mol. The fourth-order valence-electron chi connectivity index (χ4n) is 4.28. The van der Waals surface area contributed by atoms with Crippen LogP contribution in [0.3, 0.4) is 0 Å². The summed E-state index contributed by atoms with van der Waals surface area (Å²) in [5, 5.41) is 0.828. The van der Waals surface area contributed by atoms with Crippen LogP contribution in [0.25, 0.3) is 11.0 Å². The zero-order valence-electron chi connectivity index (χ0n) is 17.0. The molecule has 0 radical (unpaired) electrons. The second kappa shape index (κ2) is 8.06. The molecular formula is C24H21Cl2N3O2. The third-order valence-electron chi connectivity index (χ3n) is 5.76. The number of aromatic amines is 1. The number of H-pyrrole nitrogens is 1. The van der Waals surface area contributed by atoms with Crippen molar-refractivity contribution in [3.63, 3.8) is 0 Å². The molecule has 0 bridgehead atoms. The fraction of sp³-hybridized carbons (Fsp3) is 0.250. The van der Waals surface area contributed by atoms with Crippen molar-refractivity contribution in [1.82, 2.24) is 9.97 Å². The van der Waals surface area contributed by atoms with E-state index >= 15 is 0 Å². The van der Waals surface area contributed by atoms with Crippen molar-refractivity contribution in [3.05, 3.63) is 81.3 Å². The van der Waals surface area contributed by atoms with Crippen molar-refractivity contribution in [2.24, 2.45) is 0 Å². The van der Waals surface area contributed by atoms with Gasteiger partial charge in [-0.3, -0.25) is 9.69 Å². The van der Waals surface area contributed by atoms with E-state index in [4.69, 9.17) is 27.9 Å². The number of rotatable bonds is 5. The second-order valence-electron chi connectivity index (χ2n) is 7.76. The van der Waals surface area contributed by atoms with Crippen LogP contribution in [0, 0.1) is 0 Å². The van der Waals surface area contributed by atoms with E-state index < -0.39 is 0 Å². The van der Waals surface area contributed by atoms with Crippen molar-refractivity contribution in [1.29, 1.82) is 0 Å². The quantitative estimate of drug-likeness (QED) is 0.473. The smallest absolute Gasteiger partial charge is 0.259 e. The molecule has 0 saturated carbocycles. The number of carbonyl (C=O) groups excluding carboxylic acids is 1. The molecule has 2 heterocycles. The first kappa shape index (κ1) is 20.2. The minimum Gasteiger partial charge on any atom is -0.498 e. The molecule has 31 heavy (non-hydrogen) atoms. The summed E-state index contributed by atoms with van der Waals surface area (Å²) in [6, 6.07) is 9.06. The van der Waals surface area contributed by atoms with E-state index in [2.05, 4.69) is 23.0 Å². The number of halogens is 2. The van der Waals surface area contributed by atoms with E-state index in [0.29, 0.717) is 22.2 Å². The highest BCUT2D eigenvalue weighted by Gasteiger charge is 2.40. The molecule has 158 valence electrons. The lowest BCUT2D eigenvalue weighted by Gasteiger charge is -2.29. The molecule has 1 unspecified atom stereocenters. The number of fused-ring (bicyclic) bond motifs is 2. The zero-order valence-corrected chi connectivity index (χ0v) is 18.5. The molecule has 1 N–H and O–H groups in total. The van der Waals surface area contributed by atoms with Crippen molar-refractivity contribution in [3.8, 4) is 0 Å². The van der Waals surface area contributed by atoms with Crippen LogP contribution in [0.2, 0.25) is 10.0 Å². The highest BCUT2D eigenvalue weighted by Crippen LogP contribution is 2.46. The largest absolute Gasteiger partial charge is 0.498 e. The van der Waals surface area contributed by atoms with Crippen molar-refractivity contribution < 1.29 is 9.53 Å². The Morgan fingerprint density at radius 1 is 1.16 bits per heavy atom. The van der Waals surface area contributed by atoms with Crippen LogP contribution in [0.4, 0.5) is 5.69 Å². The number of nitrogens with one attached hydrogen (secondary N) is 1. The lowest BCUT2D eigenvalue weighted by atomic mass is 9.91. The Balaban J connectivity index is 1.61. The molecule has 0 fully saturated rings. The average Bonchev–Trinajstić information content (AvgIpc) is 3.35. The number of hydrogen-bond donors (Lipinski definition) is 1. The molecule has 1 amide bonds. The molecule has 1 aromatic heterocycles. The predicted octanol–water partition coefficient (Wildman–Crippen LogP) is 6.60. The maximum Gasteiger partial charge on any atom is 0.259 e. The number of hydrogen-bond acceptors (Lipinski definition) is 3. The van der Waals surface area contributed by atoms with Gasteiger partial charge in [-0.15, -0.1) is 0 Å². The standard InChI is InChI=1S/C24H21Cl2N3O2/c1-2-9-31-16-6-3-14(4-7-16)23-17-11-19(25)20(26)12-18(17)24(30)29(23)15-5-8-21-22(10-15)28-13-27-21/h3,5-6,8,10-13,23H,2,4,7,9H2,1H3,(H,27,28). The van der Waals surface area contributed by atoms with Gasteiger partial charge in [-0.2, -0.15) is 0 Å². The van der Waals surface area contributed by atoms with Gasteiger partial charge in [0, 0.05) is 17.7 Å². The molecule has 0 spiro atoms. The average molecular weight is 454 g/mol. The first-order valence-electron chi connectivity index (χ1n) is 10.3. The first-order valence-corrected chi connectivity index (χ1v) is 11.1. The molecule has 1 aliphatic heterocycles. The van der Waals surface area contributed by atoms with Crippen molar-refractivity contribution in [2.75, 3.05) is 11.5 Å². The van der Waals surface area contributed by atoms with E-state index in [9.17, 15) is 4.79 Å². The Kier molecular flexibility index (Phi) is 5.24. The molecule has 2 aromatic carbocycles. The number of amides is 1. The summed E-state index contributed by atoms with van der Waals surface area (Å²) in [5.74, 6) is 0.894. The molecule has 7 heteroatoms. The summed E-state index contributed by atoms with van der Waals surface area (Å²) in [5.41, 5.74) is 5.13. The zero-order chi connectivity index (χ0) is 21.5. The Hall–Kier alpha value is -2.76. The van der Waals surface area contributed by atoms with Gasteiger partial charge in [0.2, 0.25) is 0 Å². The fourth-order valence-corrected chi connectivity index (χ4v) is 4.62. The normalized spacial score (nSPS) is 18.2. The van der Waals surface area contributed by atoms with Gasteiger partial charge in [-0.1, -0.05) is 36.2 Å². The molecule has 5 rings (SSSR count).